The maximum Gasteiger partial charge on any atom is 0.270 e. The van der Waals surface area contributed by atoms with Crippen molar-refractivity contribution in [3.63, 3.8) is 0 Å². The SMILES string of the molecule is Cc1cc(C)c(C(=O)N(CCN)CCc2ccccc2)[nH]1.Cl. The monoisotopic (exact) mass is 321 g/mol. The van der Waals surface area contributed by atoms with E-state index in [0.717, 1.165) is 17.7 Å². The van der Waals surface area contributed by atoms with E-state index in [-0.39, 0.29) is 18.3 Å². The number of carbonyl (C=O) groups is 1. The summed E-state index contributed by atoms with van der Waals surface area (Å²) in [4.78, 5) is 17.6. The number of aryl methyl sites for hydroxylation is 2. The molecule has 4 nitrogen and oxygen atoms in total. The highest BCUT2D eigenvalue weighted by Crippen LogP contribution is 2.12. The van der Waals surface area contributed by atoms with Crippen LogP contribution in [0, 0.1) is 13.8 Å². The van der Waals surface area contributed by atoms with Crippen LogP contribution >= 0.6 is 12.4 Å². The Labute approximate surface area is 138 Å². The number of aromatic amines is 1. The Hall–Kier alpha value is -1.78. The fraction of sp³-hybridized carbons (Fsp3) is 0.353. The second kappa shape index (κ2) is 8.61. The average Bonchev–Trinajstić information content (AvgIpc) is 2.82. The van der Waals surface area contributed by atoms with E-state index in [2.05, 4.69) is 17.1 Å². The van der Waals surface area contributed by atoms with E-state index in [0.29, 0.717) is 25.3 Å². The minimum atomic E-state index is 0. The largest absolute Gasteiger partial charge is 0.354 e. The Morgan fingerprint density at radius 2 is 1.86 bits per heavy atom. The molecule has 22 heavy (non-hydrogen) atoms. The van der Waals surface area contributed by atoms with Crippen molar-refractivity contribution in [1.82, 2.24) is 9.88 Å². The van der Waals surface area contributed by atoms with Gasteiger partial charge in [0, 0.05) is 25.3 Å². The number of amides is 1. The second-order valence-corrected chi connectivity index (χ2v) is 5.33. The normalized spacial score (nSPS) is 10.1. The molecule has 0 aliphatic rings. The predicted octanol–water partition coefficient (Wildman–Crippen LogP) is 2.70. The van der Waals surface area contributed by atoms with Gasteiger partial charge in [0.15, 0.2) is 0 Å². The number of nitrogens with two attached hydrogens (primary N) is 1. The molecule has 1 heterocycles. The maximum atomic E-state index is 12.6. The molecular formula is C17H24ClN3O. The molecule has 5 heteroatoms. The van der Waals surface area contributed by atoms with Crippen LogP contribution in [0.2, 0.25) is 0 Å². The fourth-order valence-corrected chi connectivity index (χ4v) is 2.49. The molecule has 0 aliphatic carbocycles. The molecule has 120 valence electrons. The van der Waals surface area contributed by atoms with Gasteiger partial charge in [0.25, 0.3) is 5.91 Å². The van der Waals surface area contributed by atoms with Crippen molar-refractivity contribution in [1.29, 1.82) is 0 Å². The molecule has 0 fully saturated rings. The van der Waals surface area contributed by atoms with Gasteiger partial charge >= 0.3 is 0 Å². The lowest BCUT2D eigenvalue weighted by molar-refractivity contribution is 0.0756. The van der Waals surface area contributed by atoms with Crippen LogP contribution in [0.3, 0.4) is 0 Å². The maximum absolute atomic E-state index is 12.6. The van der Waals surface area contributed by atoms with E-state index in [1.54, 1.807) is 0 Å². The first-order valence-corrected chi connectivity index (χ1v) is 7.31. The number of nitrogens with zero attached hydrogens (tertiary/aromatic N) is 1. The molecule has 0 saturated carbocycles. The van der Waals surface area contributed by atoms with Crippen molar-refractivity contribution in [2.45, 2.75) is 20.3 Å². The molecule has 0 bridgehead atoms. The van der Waals surface area contributed by atoms with E-state index in [1.165, 1.54) is 5.56 Å². The van der Waals surface area contributed by atoms with E-state index < -0.39 is 0 Å². The lowest BCUT2D eigenvalue weighted by atomic mass is 10.1. The van der Waals surface area contributed by atoms with Crippen LogP contribution in [0.25, 0.3) is 0 Å². The summed E-state index contributed by atoms with van der Waals surface area (Å²) in [6, 6.07) is 12.2. The summed E-state index contributed by atoms with van der Waals surface area (Å²) in [5.41, 5.74) is 9.55. The zero-order chi connectivity index (χ0) is 15.2. The van der Waals surface area contributed by atoms with Crippen molar-refractivity contribution in [3.8, 4) is 0 Å². The first kappa shape index (κ1) is 18.3. The Bertz CT molecular complexity index is 595. The van der Waals surface area contributed by atoms with Crippen LogP contribution in [-0.2, 0) is 6.42 Å². The Balaban J connectivity index is 0.00000242. The van der Waals surface area contributed by atoms with Crippen molar-refractivity contribution in [2.75, 3.05) is 19.6 Å². The van der Waals surface area contributed by atoms with Crippen LogP contribution in [0.1, 0.15) is 27.3 Å². The lowest BCUT2D eigenvalue weighted by Gasteiger charge is -2.22. The summed E-state index contributed by atoms with van der Waals surface area (Å²) in [6.07, 6.45) is 0.839. The molecule has 0 saturated heterocycles. The van der Waals surface area contributed by atoms with Gasteiger partial charge in [-0.25, -0.2) is 0 Å². The van der Waals surface area contributed by atoms with Crippen molar-refractivity contribution in [2.24, 2.45) is 5.73 Å². The smallest absolute Gasteiger partial charge is 0.270 e. The standard InChI is InChI=1S/C17H23N3O.ClH/c1-13-12-14(2)19-16(13)17(21)20(11-9-18)10-8-15-6-4-3-5-7-15;/h3-7,12,19H,8-11,18H2,1-2H3;1H. The molecule has 0 radical (unpaired) electrons. The number of nitrogens with one attached hydrogen (secondary N) is 1. The zero-order valence-electron chi connectivity index (χ0n) is 13.1. The Morgan fingerprint density at radius 1 is 1.18 bits per heavy atom. The molecule has 2 aromatic rings. The predicted molar refractivity (Wildman–Crippen MR) is 92.6 cm³/mol. The van der Waals surface area contributed by atoms with Gasteiger partial charge in [-0.15, -0.1) is 12.4 Å². The Kier molecular flexibility index (Phi) is 7.15. The fourth-order valence-electron chi connectivity index (χ4n) is 2.49. The van der Waals surface area contributed by atoms with Crippen LogP contribution < -0.4 is 5.73 Å². The van der Waals surface area contributed by atoms with E-state index in [1.807, 2.05) is 43.0 Å². The number of rotatable bonds is 6. The minimum Gasteiger partial charge on any atom is -0.354 e. The zero-order valence-corrected chi connectivity index (χ0v) is 14.0. The van der Waals surface area contributed by atoms with Gasteiger partial charge in [0.2, 0.25) is 0 Å². The quantitative estimate of drug-likeness (QED) is 0.859. The van der Waals surface area contributed by atoms with Gasteiger partial charge in [0.05, 0.1) is 0 Å². The molecule has 3 N–H and O–H groups in total. The summed E-state index contributed by atoms with van der Waals surface area (Å²) in [6.45, 7) is 5.63. The highest BCUT2D eigenvalue weighted by atomic mass is 35.5. The van der Waals surface area contributed by atoms with Gasteiger partial charge < -0.3 is 15.6 Å². The molecule has 0 unspecified atom stereocenters. The van der Waals surface area contributed by atoms with Gasteiger partial charge in [-0.2, -0.15) is 0 Å². The molecule has 0 atom stereocenters. The molecule has 1 amide bonds. The highest BCUT2D eigenvalue weighted by molar-refractivity contribution is 5.94. The van der Waals surface area contributed by atoms with E-state index >= 15 is 0 Å². The van der Waals surface area contributed by atoms with Gasteiger partial charge in [-0.1, -0.05) is 30.3 Å². The molecule has 0 spiro atoms. The lowest BCUT2D eigenvalue weighted by Crippen LogP contribution is -2.37. The Morgan fingerprint density at radius 3 is 2.41 bits per heavy atom. The third-order valence-corrected chi connectivity index (χ3v) is 3.56. The third-order valence-electron chi connectivity index (χ3n) is 3.56. The molecular weight excluding hydrogens is 298 g/mol. The molecule has 1 aromatic carbocycles. The van der Waals surface area contributed by atoms with Crippen LogP contribution in [-0.4, -0.2) is 35.4 Å². The number of H-pyrrole nitrogens is 1. The van der Waals surface area contributed by atoms with E-state index in [9.17, 15) is 4.79 Å². The van der Waals surface area contributed by atoms with Crippen LogP contribution in [0.5, 0.6) is 0 Å². The first-order valence-electron chi connectivity index (χ1n) is 7.31. The van der Waals surface area contributed by atoms with Crippen molar-refractivity contribution in [3.05, 3.63) is 58.9 Å². The van der Waals surface area contributed by atoms with Gasteiger partial charge in [0.1, 0.15) is 5.69 Å². The van der Waals surface area contributed by atoms with Gasteiger partial charge in [-0.05, 0) is 37.5 Å². The molecule has 1 aromatic heterocycles. The average molecular weight is 322 g/mol. The summed E-state index contributed by atoms with van der Waals surface area (Å²) < 4.78 is 0. The molecule has 0 aliphatic heterocycles. The minimum absolute atomic E-state index is 0. The molecule has 2 rings (SSSR count). The summed E-state index contributed by atoms with van der Waals surface area (Å²) in [7, 11) is 0. The number of aromatic nitrogens is 1. The number of hydrogen-bond donors (Lipinski definition) is 2. The van der Waals surface area contributed by atoms with Gasteiger partial charge in [-0.3, -0.25) is 4.79 Å². The highest BCUT2D eigenvalue weighted by Gasteiger charge is 2.18. The third kappa shape index (κ3) is 4.61. The summed E-state index contributed by atoms with van der Waals surface area (Å²) in [5.74, 6) is 0.0296. The summed E-state index contributed by atoms with van der Waals surface area (Å²) >= 11 is 0. The first-order chi connectivity index (χ1) is 10.1. The number of halogens is 1. The van der Waals surface area contributed by atoms with E-state index in [4.69, 9.17) is 5.73 Å². The number of hydrogen-bond acceptors (Lipinski definition) is 2. The van der Waals surface area contributed by atoms with Crippen molar-refractivity contribution >= 4 is 18.3 Å². The summed E-state index contributed by atoms with van der Waals surface area (Å²) in [5, 5.41) is 0. The van der Waals surface area contributed by atoms with Crippen LogP contribution in [0.4, 0.5) is 0 Å². The number of benzene rings is 1. The number of carbonyl (C=O) groups excluding carboxylic acids is 1. The van der Waals surface area contributed by atoms with Crippen molar-refractivity contribution < 1.29 is 4.79 Å². The second-order valence-electron chi connectivity index (χ2n) is 5.33. The topological polar surface area (TPSA) is 62.1 Å². The van der Waals surface area contributed by atoms with Crippen LogP contribution in [0.15, 0.2) is 36.4 Å².